The van der Waals surface area contributed by atoms with E-state index in [1.807, 2.05) is 0 Å². The Morgan fingerprint density at radius 2 is 2.22 bits per heavy atom. The van der Waals surface area contributed by atoms with Crippen molar-refractivity contribution in [1.82, 2.24) is 4.98 Å². The summed E-state index contributed by atoms with van der Waals surface area (Å²) >= 11 is 6.53. The maximum Gasteiger partial charge on any atom is 0.339 e. The second-order valence-corrected chi connectivity index (χ2v) is 5.26. The summed E-state index contributed by atoms with van der Waals surface area (Å²) in [7, 11) is 1.30. The normalized spacial score (nSPS) is 11.7. The van der Waals surface area contributed by atoms with Crippen LogP contribution >= 0.6 is 31.9 Å². The lowest BCUT2D eigenvalue weighted by Gasteiger charge is -2.08. The van der Waals surface area contributed by atoms with Gasteiger partial charge in [0.1, 0.15) is 5.82 Å². The van der Waals surface area contributed by atoms with Gasteiger partial charge in [0.2, 0.25) is 5.91 Å². The monoisotopic (exact) mass is 378 g/mol. The van der Waals surface area contributed by atoms with Crippen molar-refractivity contribution in [2.75, 3.05) is 17.8 Å². The number of pyridine rings is 1. The van der Waals surface area contributed by atoms with Crippen molar-refractivity contribution in [2.24, 2.45) is 0 Å². The fourth-order valence-electron chi connectivity index (χ4n) is 1.14. The quantitative estimate of drug-likeness (QED) is 0.629. The zero-order valence-electron chi connectivity index (χ0n) is 9.65. The number of nitrogens with zero attached hydrogens (tertiary/aromatic N) is 1. The van der Waals surface area contributed by atoms with Crippen LogP contribution in [0.2, 0.25) is 0 Å². The first-order valence-electron chi connectivity index (χ1n) is 5.13. The molecule has 18 heavy (non-hydrogen) atoms. The number of carbonyl (C=O) groups is 2. The third kappa shape index (κ3) is 4.38. The Kier molecular flexibility index (Phi) is 6.28. The number of esters is 1. The molecule has 1 rings (SSSR count). The summed E-state index contributed by atoms with van der Waals surface area (Å²) in [5.41, 5.74) is 0.339. The lowest BCUT2D eigenvalue weighted by atomic mass is 10.3. The molecule has 1 heterocycles. The van der Waals surface area contributed by atoms with Gasteiger partial charge in [-0.05, 0) is 18.6 Å². The molecule has 0 fully saturated rings. The number of anilines is 1. The van der Waals surface area contributed by atoms with Crippen molar-refractivity contribution in [3.8, 4) is 0 Å². The van der Waals surface area contributed by atoms with Crippen molar-refractivity contribution in [2.45, 2.75) is 11.2 Å². The maximum absolute atomic E-state index is 11.7. The highest BCUT2D eigenvalue weighted by Gasteiger charge is 2.14. The van der Waals surface area contributed by atoms with Crippen LogP contribution in [0.5, 0.6) is 0 Å². The number of hydrogen-bond acceptors (Lipinski definition) is 4. The summed E-state index contributed by atoms with van der Waals surface area (Å²) in [6, 6.07) is 3.10. The van der Waals surface area contributed by atoms with Gasteiger partial charge in [0.05, 0.1) is 17.5 Å². The van der Waals surface area contributed by atoms with E-state index in [0.29, 0.717) is 17.8 Å². The minimum Gasteiger partial charge on any atom is -0.465 e. The molecule has 0 aliphatic heterocycles. The Morgan fingerprint density at radius 3 is 2.72 bits per heavy atom. The van der Waals surface area contributed by atoms with E-state index in [1.54, 1.807) is 12.1 Å². The smallest absolute Gasteiger partial charge is 0.339 e. The molecule has 0 saturated heterocycles. The lowest BCUT2D eigenvalue weighted by molar-refractivity contribution is -0.115. The van der Waals surface area contributed by atoms with Crippen LogP contribution in [0.3, 0.4) is 0 Å². The molecule has 0 bridgehead atoms. The Labute approximate surface area is 122 Å². The standard InChI is InChI=1S/C11H12Br2N2O3/c1-18-11(17)7-2-3-9(14-6-7)15-10(16)8(13)4-5-12/h2-3,6,8H,4-5H2,1H3,(H,14,15,16). The number of nitrogens with one attached hydrogen (secondary N) is 1. The summed E-state index contributed by atoms with van der Waals surface area (Å²) in [6.45, 7) is 0. The first-order valence-corrected chi connectivity index (χ1v) is 7.17. The Balaban J connectivity index is 2.63. The molecule has 98 valence electrons. The van der Waals surface area contributed by atoms with E-state index in [1.165, 1.54) is 13.3 Å². The fraction of sp³-hybridized carbons (Fsp3) is 0.364. The molecule has 1 aromatic rings. The number of aromatic nitrogens is 1. The van der Waals surface area contributed by atoms with Gasteiger partial charge in [-0.2, -0.15) is 0 Å². The summed E-state index contributed by atoms with van der Waals surface area (Å²) < 4.78 is 4.55. The van der Waals surface area contributed by atoms with Gasteiger partial charge in [-0.1, -0.05) is 31.9 Å². The molecule has 0 radical (unpaired) electrons. The number of hydrogen-bond donors (Lipinski definition) is 1. The summed E-state index contributed by atoms with van der Waals surface area (Å²) in [4.78, 5) is 26.5. The lowest BCUT2D eigenvalue weighted by Crippen LogP contribution is -2.23. The Bertz CT molecular complexity index is 423. The zero-order chi connectivity index (χ0) is 13.5. The Hall–Kier alpha value is -0.950. The van der Waals surface area contributed by atoms with E-state index >= 15 is 0 Å². The van der Waals surface area contributed by atoms with Gasteiger partial charge < -0.3 is 10.1 Å². The van der Waals surface area contributed by atoms with Crippen LogP contribution in [-0.4, -0.2) is 34.1 Å². The predicted octanol–water partition coefficient (Wildman–Crippen LogP) is 2.36. The fourth-order valence-corrected chi connectivity index (χ4v) is 2.55. The highest BCUT2D eigenvalue weighted by atomic mass is 79.9. The Morgan fingerprint density at radius 1 is 1.50 bits per heavy atom. The first-order chi connectivity index (χ1) is 8.58. The van der Waals surface area contributed by atoms with Gasteiger partial charge in [0.25, 0.3) is 0 Å². The average Bonchev–Trinajstić information content (AvgIpc) is 2.39. The van der Waals surface area contributed by atoms with Crippen LogP contribution in [0, 0.1) is 0 Å². The van der Waals surface area contributed by atoms with Gasteiger partial charge >= 0.3 is 5.97 Å². The van der Waals surface area contributed by atoms with E-state index in [4.69, 9.17) is 0 Å². The summed E-state index contributed by atoms with van der Waals surface area (Å²) in [6.07, 6.45) is 2.03. The molecule has 0 saturated carbocycles. The topological polar surface area (TPSA) is 68.3 Å². The van der Waals surface area contributed by atoms with Crippen molar-refractivity contribution in [3.63, 3.8) is 0 Å². The molecule has 0 aliphatic carbocycles. The van der Waals surface area contributed by atoms with E-state index in [9.17, 15) is 9.59 Å². The summed E-state index contributed by atoms with van der Waals surface area (Å²) in [5, 5.41) is 3.37. The highest BCUT2D eigenvalue weighted by Crippen LogP contribution is 2.11. The van der Waals surface area contributed by atoms with Gasteiger partial charge in [0.15, 0.2) is 0 Å². The molecule has 1 unspecified atom stereocenters. The van der Waals surface area contributed by atoms with E-state index in [-0.39, 0.29) is 10.7 Å². The maximum atomic E-state index is 11.7. The van der Waals surface area contributed by atoms with Crippen LogP contribution < -0.4 is 5.32 Å². The molecule has 0 spiro atoms. The van der Waals surface area contributed by atoms with Gasteiger partial charge in [-0.3, -0.25) is 4.79 Å². The second-order valence-electron chi connectivity index (χ2n) is 3.36. The van der Waals surface area contributed by atoms with Crippen LogP contribution in [0.25, 0.3) is 0 Å². The average molecular weight is 380 g/mol. The molecular formula is C11H12Br2N2O3. The van der Waals surface area contributed by atoms with Gasteiger partial charge in [0, 0.05) is 11.5 Å². The molecule has 5 nitrogen and oxygen atoms in total. The third-order valence-corrected chi connectivity index (χ3v) is 3.41. The minimum absolute atomic E-state index is 0.173. The molecule has 1 atom stereocenters. The van der Waals surface area contributed by atoms with Crippen LogP contribution in [-0.2, 0) is 9.53 Å². The molecule has 1 amide bonds. The highest BCUT2D eigenvalue weighted by molar-refractivity contribution is 9.10. The van der Waals surface area contributed by atoms with Crippen LogP contribution in [0.1, 0.15) is 16.8 Å². The molecular weight excluding hydrogens is 368 g/mol. The van der Waals surface area contributed by atoms with Crippen LogP contribution in [0.15, 0.2) is 18.3 Å². The number of rotatable bonds is 5. The van der Waals surface area contributed by atoms with Gasteiger partial charge in [-0.25, -0.2) is 9.78 Å². The number of carbonyl (C=O) groups excluding carboxylic acids is 2. The number of amides is 1. The minimum atomic E-state index is -0.460. The van der Waals surface area contributed by atoms with Crippen molar-refractivity contribution < 1.29 is 14.3 Å². The van der Waals surface area contributed by atoms with Crippen LogP contribution in [0.4, 0.5) is 5.82 Å². The second kappa shape index (κ2) is 7.48. The number of methoxy groups -OCH3 is 1. The third-order valence-electron chi connectivity index (χ3n) is 2.08. The molecule has 1 N–H and O–H groups in total. The van der Waals surface area contributed by atoms with E-state index < -0.39 is 5.97 Å². The molecule has 0 aromatic carbocycles. The largest absolute Gasteiger partial charge is 0.465 e. The van der Waals surface area contributed by atoms with Gasteiger partial charge in [-0.15, -0.1) is 0 Å². The number of ether oxygens (including phenoxy) is 1. The zero-order valence-corrected chi connectivity index (χ0v) is 12.8. The van der Waals surface area contributed by atoms with Crippen molar-refractivity contribution in [3.05, 3.63) is 23.9 Å². The molecule has 7 heteroatoms. The number of alkyl halides is 2. The van der Waals surface area contributed by atoms with E-state index in [2.05, 4.69) is 46.9 Å². The SMILES string of the molecule is COC(=O)c1ccc(NC(=O)C(Br)CCBr)nc1. The van der Waals surface area contributed by atoms with E-state index in [0.717, 1.165) is 5.33 Å². The van der Waals surface area contributed by atoms with Crippen molar-refractivity contribution >= 4 is 49.6 Å². The number of halogens is 2. The first kappa shape index (κ1) is 15.1. The summed E-state index contributed by atoms with van der Waals surface area (Å²) in [5.74, 6) is -0.238. The predicted molar refractivity (Wildman–Crippen MR) is 75.3 cm³/mol. The van der Waals surface area contributed by atoms with Crippen molar-refractivity contribution in [1.29, 1.82) is 0 Å². The molecule has 0 aliphatic rings. The molecule has 1 aromatic heterocycles.